The Morgan fingerprint density at radius 2 is 1.89 bits per heavy atom. The molecule has 7 heteroatoms. The van der Waals surface area contributed by atoms with Crippen molar-refractivity contribution in [3.05, 3.63) is 84.1 Å². The minimum absolute atomic E-state index is 0.204. The molecule has 4 rings (SSSR count). The second-order valence-electron chi connectivity index (χ2n) is 6.35. The Morgan fingerprint density at radius 3 is 2.64 bits per heavy atom. The van der Waals surface area contributed by atoms with Crippen LogP contribution in [0.2, 0.25) is 0 Å². The number of methoxy groups -OCH3 is 1. The molecule has 4 aromatic rings. The number of carbonyl (C=O) groups is 1. The standard InChI is InChI=1S/C21H19N5O2/c1-28-18-7-9-19-17(10-18)6-8-20(25-19)21(27)23-11-15-2-4-16(5-3-15)12-26-14-22-13-24-26/h2-10,13-14H,11-12H2,1H3,(H,23,27). The molecule has 28 heavy (non-hydrogen) atoms. The van der Waals surface area contributed by atoms with Crippen molar-refractivity contribution in [3.63, 3.8) is 0 Å². The van der Waals surface area contributed by atoms with Crippen LogP contribution in [0.15, 0.2) is 67.3 Å². The average Bonchev–Trinajstić information content (AvgIpc) is 3.25. The van der Waals surface area contributed by atoms with Crippen LogP contribution in [0.4, 0.5) is 0 Å². The first-order valence-corrected chi connectivity index (χ1v) is 8.84. The van der Waals surface area contributed by atoms with Crippen LogP contribution in [0, 0.1) is 0 Å². The van der Waals surface area contributed by atoms with Gasteiger partial charge in [-0.25, -0.2) is 14.6 Å². The number of nitrogens with one attached hydrogen (secondary N) is 1. The van der Waals surface area contributed by atoms with E-state index < -0.39 is 0 Å². The Bertz CT molecular complexity index is 1090. The van der Waals surface area contributed by atoms with Crippen molar-refractivity contribution in [1.29, 1.82) is 0 Å². The highest BCUT2D eigenvalue weighted by molar-refractivity contribution is 5.95. The molecule has 0 unspecified atom stereocenters. The molecule has 2 aromatic heterocycles. The summed E-state index contributed by atoms with van der Waals surface area (Å²) in [5, 5.41) is 7.94. The molecule has 0 aliphatic rings. The van der Waals surface area contributed by atoms with Gasteiger partial charge >= 0.3 is 0 Å². The number of hydrogen-bond donors (Lipinski definition) is 1. The molecule has 0 bridgehead atoms. The number of pyridine rings is 1. The largest absolute Gasteiger partial charge is 0.497 e. The molecule has 2 aromatic carbocycles. The minimum Gasteiger partial charge on any atom is -0.497 e. The Kier molecular flexibility index (Phi) is 4.97. The van der Waals surface area contributed by atoms with E-state index in [2.05, 4.69) is 20.4 Å². The van der Waals surface area contributed by atoms with Crippen LogP contribution < -0.4 is 10.1 Å². The van der Waals surface area contributed by atoms with E-state index >= 15 is 0 Å². The summed E-state index contributed by atoms with van der Waals surface area (Å²) in [6, 6.07) is 17.2. The van der Waals surface area contributed by atoms with E-state index in [9.17, 15) is 4.79 Å². The maximum atomic E-state index is 12.4. The van der Waals surface area contributed by atoms with Crippen LogP contribution in [-0.4, -0.2) is 32.8 Å². The van der Waals surface area contributed by atoms with Crippen molar-refractivity contribution in [1.82, 2.24) is 25.1 Å². The van der Waals surface area contributed by atoms with E-state index in [4.69, 9.17) is 4.74 Å². The van der Waals surface area contributed by atoms with Crippen LogP contribution in [0.5, 0.6) is 5.75 Å². The topological polar surface area (TPSA) is 81.9 Å². The Hall–Kier alpha value is -3.74. The molecular weight excluding hydrogens is 354 g/mol. The van der Waals surface area contributed by atoms with Gasteiger partial charge in [-0.1, -0.05) is 30.3 Å². The van der Waals surface area contributed by atoms with Crippen molar-refractivity contribution in [2.24, 2.45) is 0 Å². The zero-order valence-corrected chi connectivity index (χ0v) is 15.4. The normalized spacial score (nSPS) is 10.8. The Balaban J connectivity index is 1.39. The summed E-state index contributed by atoms with van der Waals surface area (Å²) in [6.07, 6.45) is 3.20. The first-order valence-electron chi connectivity index (χ1n) is 8.84. The minimum atomic E-state index is -0.204. The third-order valence-electron chi connectivity index (χ3n) is 4.42. The fourth-order valence-electron chi connectivity index (χ4n) is 2.89. The molecule has 0 fully saturated rings. The van der Waals surface area contributed by atoms with E-state index in [1.807, 2.05) is 48.5 Å². The predicted molar refractivity (Wildman–Crippen MR) is 105 cm³/mol. The van der Waals surface area contributed by atoms with Gasteiger partial charge in [0.15, 0.2) is 0 Å². The number of amides is 1. The van der Waals surface area contributed by atoms with E-state index in [0.29, 0.717) is 18.8 Å². The van der Waals surface area contributed by atoms with E-state index in [0.717, 1.165) is 27.8 Å². The van der Waals surface area contributed by atoms with Gasteiger partial charge in [-0.2, -0.15) is 5.10 Å². The summed E-state index contributed by atoms with van der Waals surface area (Å²) in [5.41, 5.74) is 3.28. The number of fused-ring (bicyclic) bond motifs is 1. The first kappa shape index (κ1) is 17.7. The van der Waals surface area contributed by atoms with Gasteiger partial charge in [0, 0.05) is 11.9 Å². The average molecular weight is 373 g/mol. The van der Waals surface area contributed by atoms with Crippen molar-refractivity contribution in [2.75, 3.05) is 7.11 Å². The highest BCUT2D eigenvalue weighted by atomic mass is 16.5. The summed E-state index contributed by atoms with van der Waals surface area (Å²) in [7, 11) is 1.62. The molecule has 0 spiro atoms. The molecule has 0 saturated heterocycles. The lowest BCUT2D eigenvalue weighted by Gasteiger charge is -2.08. The van der Waals surface area contributed by atoms with E-state index in [1.165, 1.54) is 6.33 Å². The maximum absolute atomic E-state index is 12.4. The molecule has 0 atom stereocenters. The first-order chi connectivity index (χ1) is 13.7. The van der Waals surface area contributed by atoms with Crippen LogP contribution in [-0.2, 0) is 13.1 Å². The van der Waals surface area contributed by atoms with Crippen LogP contribution in [0.1, 0.15) is 21.6 Å². The van der Waals surface area contributed by atoms with Crippen LogP contribution in [0.25, 0.3) is 10.9 Å². The van der Waals surface area contributed by atoms with Crippen LogP contribution >= 0.6 is 0 Å². The number of carbonyl (C=O) groups excluding carboxylic acids is 1. The third-order valence-corrected chi connectivity index (χ3v) is 4.42. The molecule has 0 aliphatic carbocycles. The lowest BCUT2D eigenvalue weighted by Crippen LogP contribution is -2.23. The highest BCUT2D eigenvalue weighted by Gasteiger charge is 2.09. The van der Waals surface area contributed by atoms with Gasteiger partial charge in [0.2, 0.25) is 0 Å². The Labute approximate surface area is 162 Å². The lowest BCUT2D eigenvalue weighted by molar-refractivity contribution is 0.0946. The number of rotatable bonds is 6. The van der Waals surface area contributed by atoms with Gasteiger partial charge in [0.05, 0.1) is 19.2 Å². The van der Waals surface area contributed by atoms with Gasteiger partial charge in [-0.3, -0.25) is 4.79 Å². The van der Waals surface area contributed by atoms with Crippen molar-refractivity contribution >= 4 is 16.8 Å². The highest BCUT2D eigenvalue weighted by Crippen LogP contribution is 2.19. The summed E-state index contributed by atoms with van der Waals surface area (Å²) >= 11 is 0. The molecule has 1 amide bonds. The summed E-state index contributed by atoms with van der Waals surface area (Å²) in [5.74, 6) is 0.558. The molecular formula is C21H19N5O2. The molecule has 1 N–H and O–H groups in total. The molecule has 0 aliphatic heterocycles. The molecule has 140 valence electrons. The number of aromatic nitrogens is 4. The predicted octanol–water partition coefficient (Wildman–Crippen LogP) is 2.81. The quantitative estimate of drug-likeness (QED) is 0.562. The smallest absolute Gasteiger partial charge is 0.270 e. The number of benzene rings is 2. The summed E-state index contributed by atoms with van der Waals surface area (Å²) in [4.78, 5) is 20.8. The fraction of sp³-hybridized carbons (Fsp3) is 0.143. The SMILES string of the molecule is COc1ccc2nc(C(=O)NCc3ccc(Cn4cncn4)cc3)ccc2c1. The zero-order valence-electron chi connectivity index (χ0n) is 15.4. The zero-order chi connectivity index (χ0) is 19.3. The van der Waals surface area contributed by atoms with Gasteiger partial charge in [0.1, 0.15) is 24.1 Å². The van der Waals surface area contributed by atoms with Gasteiger partial charge in [0.25, 0.3) is 5.91 Å². The van der Waals surface area contributed by atoms with Crippen molar-refractivity contribution in [3.8, 4) is 5.75 Å². The third kappa shape index (κ3) is 3.98. The number of ether oxygens (including phenoxy) is 1. The fourth-order valence-corrected chi connectivity index (χ4v) is 2.89. The number of hydrogen-bond acceptors (Lipinski definition) is 5. The lowest BCUT2D eigenvalue weighted by atomic mass is 10.1. The van der Waals surface area contributed by atoms with Crippen LogP contribution in [0.3, 0.4) is 0 Å². The van der Waals surface area contributed by atoms with E-state index in [1.54, 1.807) is 24.2 Å². The van der Waals surface area contributed by atoms with E-state index in [-0.39, 0.29) is 5.91 Å². The Morgan fingerprint density at radius 1 is 1.07 bits per heavy atom. The molecule has 0 saturated carbocycles. The summed E-state index contributed by atoms with van der Waals surface area (Å²) < 4.78 is 6.97. The second-order valence-corrected chi connectivity index (χ2v) is 6.35. The maximum Gasteiger partial charge on any atom is 0.270 e. The monoisotopic (exact) mass is 373 g/mol. The molecule has 0 radical (unpaired) electrons. The van der Waals surface area contributed by atoms with Gasteiger partial charge < -0.3 is 10.1 Å². The molecule has 2 heterocycles. The number of nitrogens with zero attached hydrogens (tertiary/aromatic N) is 4. The van der Waals surface area contributed by atoms with Gasteiger partial charge in [-0.05, 0) is 35.4 Å². The molecule has 7 nitrogen and oxygen atoms in total. The van der Waals surface area contributed by atoms with Crippen molar-refractivity contribution < 1.29 is 9.53 Å². The van der Waals surface area contributed by atoms with Gasteiger partial charge in [-0.15, -0.1) is 0 Å². The summed E-state index contributed by atoms with van der Waals surface area (Å²) in [6.45, 7) is 1.10. The second kappa shape index (κ2) is 7.87. The van der Waals surface area contributed by atoms with Crippen molar-refractivity contribution in [2.45, 2.75) is 13.1 Å².